The van der Waals surface area contributed by atoms with Gasteiger partial charge in [0.2, 0.25) is 5.28 Å². The SMILES string of the molecule is O=c1[nH]cnc2c1nc(Cl)n2[C@@H]1O[C@H](CO)[C@H](O)C1O. The van der Waals surface area contributed by atoms with Crippen LogP contribution in [0.15, 0.2) is 11.1 Å². The van der Waals surface area contributed by atoms with Gasteiger partial charge >= 0.3 is 0 Å². The van der Waals surface area contributed by atoms with Crippen LogP contribution in [0.4, 0.5) is 0 Å². The standard InChI is InChI=1S/C10H11ClN4O5/c11-10-14-4-7(12-2-13-8(4)19)15(10)9-6(18)5(17)3(1-16)20-9/h2-3,5-6,9,16-18H,1H2,(H,12,13,19)/t3-,5+,6?,9-/m1/s1. The highest BCUT2D eigenvalue weighted by molar-refractivity contribution is 6.29. The quantitative estimate of drug-likeness (QED) is 0.490. The Kier molecular flexibility index (Phi) is 3.22. The molecule has 108 valence electrons. The summed E-state index contributed by atoms with van der Waals surface area (Å²) in [7, 11) is 0. The van der Waals surface area contributed by atoms with Crippen molar-refractivity contribution in [1.82, 2.24) is 19.5 Å². The number of halogens is 1. The number of ether oxygens (including phenoxy) is 1. The third-order valence-corrected chi connectivity index (χ3v) is 3.48. The molecule has 0 bridgehead atoms. The number of aromatic nitrogens is 4. The van der Waals surface area contributed by atoms with E-state index in [4.69, 9.17) is 21.4 Å². The Morgan fingerprint density at radius 3 is 2.85 bits per heavy atom. The molecule has 1 saturated heterocycles. The van der Waals surface area contributed by atoms with Crippen LogP contribution in [0.3, 0.4) is 0 Å². The first-order valence-electron chi connectivity index (χ1n) is 5.78. The topological polar surface area (TPSA) is 133 Å². The van der Waals surface area contributed by atoms with Crippen molar-refractivity contribution in [3.8, 4) is 0 Å². The van der Waals surface area contributed by atoms with Gasteiger partial charge < -0.3 is 25.0 Å². The zero-order chi connectivity index (χ0) is 14.4. The lowest BCUT2D eigenvalue weighted by Gasteiger charge is -2.17. The molecule has 1 aliphatic heterocycles. The molecule has 1 unspecified atom stereocenters. The van der Waals surface area contributed by atoms with Gasteiger partial charge in [0.05, 0.1) is 12.9 Å². The molecule has 10 heteroatoms. The Hall–Kier alpha value is -1.52. The van der Waals surface area contributed by atoms with Crippen LogP contribution in [0.5, 0.6) is 0 Å². The molecule has 1 fully saturated rings. The van der Waals surface area contributed by atoms with Gasteiger partial charge in [0.1, 0.15) is 18.3 Å². The second-order valence-corrected chi connectivity index (χ2v) is 4.72. The number of H-pyrrole nitrogens is 1. The van der Waals surface area contributed by atoms with Crippen molar-refractivity contribution in [2.24, 2.45) is 0 Å². The third kappa shape index (κ3) is 1.83. The third-order valence-electron chi connectivity index (χ3n) is 3.21. The zero-order valence-electron chi connectivity index (χ0n) is 9.97. The summed E-state index contributed by atoms with van der Waals surface area (Å²) in [5, 5.41) is 28.7. The van der Waals surface area contributed by atoms with Gasteiger partial charge in [0, 0.05) is 0 Å². The lowest BCUT2D eigenvalue weighted by molar-refractivity contribution is -0.0509. The lowest BCUT2D eigenvalue weighted by atomic mass is 10.1. The maximum absolute atomic E-state index is 11.6. The number of nitrogens with one attached hydrogen (secondary N) is 1. The van der Waals surface area contributed by atoms with Crippen LogP contribution < -0.4 is 5.56 Å². The summed E-state index contributed by atoms with van der Waals surface area (Å²) in [5.74, 6) is 0. The first kappa shape index (κ1) is 13.5. The molecule has 0 saturated carbocycles. The highest BCUT2D eigenvalue weighted by Gasteiger charge is 2.44. The first-order chi connectivity index (χ1) is 9.54. The molecular formula is C10H11ClN4O5. The fourth-order valence-corrected chi connectivity index (χ4v) is 2.47. The number of hydrogen-bond acceptors (Lipinski definition) is 7. The molecule has 20 heavy (non-hydrogen) atoms. The van der Waals surface area contributed by atoms with Crippen molar-refractivity contribution in [3.05, 3.63) is 22.0 Å². The van der Waals surface area contributed by atoms with Crippen molar-refractivity contribution >= 4 is 22.8 Å². The van der Waals surface area contributed by atoms with Crippen LogP contribution in [0.25, 0.3) is 11.2 Å². The van der Waals surface area contributed by atoms with Gasteiger partial charge in [-0.2, -0.15) is 0 Å². The second-order valence-electron chi connectivity index (χ2n) is 4.38. The van der Waals surface area contributed by atoms with E-state index in [1.54, 1.807) is 0 Å². The highest BCUT2D eigenvalue weighted by Crippen LogP contribution is 2.33. The van der Waals surface area contributed by atoms with Gasteiger partial charge in [0.25, 0.3) is 5.56 Å². The molecule has 0 aromatic carbocycles. The summed E-state index contributed by atoms with van der Waals surface area (Å²) >= 11 is 5.95. The number of nitrogens with zero attached hydrogens (tertiary/aromatic N) is 3. The number of hydrogen-bond donors (Lipinski definition) is 4. The van der Waals surface area contributed by atoms with Gasteiger partial charge in [-0.15, -0.1) is 0 Å². The molecule has 9 nitrogen and oxygen atoms in total. The molecule has 0 spiro atoms. The Bertz CT molecular complexity index is 701. The maximum atomic E-state index is 11.6. The minimum absolute atomic E-state index is 0.00441. The smallest absolute Gasteiger partial charge is 0.278 e. The zero-order valence-corrected chi connectivity index (χ0v) is 10.7. The average Bonchev–Trinajstić information content (AvgIpc) is 2.90. The van der Waals surface area contributed by atoms with Crippen LogP contribution in [-0.2, 0) is 4.74 Å². The van der Waals surface area contributed by atoms with Crippen LogP contribution in [0.1, 0.15) is 6.23 Å². The largest absolute Gasteiger partial charge is 0.394 e. The van der Waals surface area contributed by atoms with Crippen LogP contribution in [0.2, 0.25) is 5.28 Å². The molecule has 4 atom stereocenters. The van der Waals surface area contributed by atoms with E-state index < -0.39 is 36.7 Å². The Balaban J connectivity index is 2.14. The number of aromatic amines is 1. The Morgan fingerprint density at radius 2 is 2.20 bits per heavy atom. The number of aliphatic hydroxyl groups excluding tert-OH is 3. The molecule has 3 heterocycles. The monoisotopic (exact) mass is 302 g/mol. The summed E-state index contributed by atoms with van der Waals surface area (Å²) in [6, 6.07) is 0. The van der Waals surface area contributed by atoms with E-state index in [9.17, 15) is 15.0 Å². The van der Waals surface area contributed by atoms with Crippen molar-refractivity contribution < 1.29 is 20.1 Å². The molecule has 0 amide bonds. The van der Waals surface area contributed by atoms with E-state index in [0.29, 0.717) is 0 Å². The maximum Gasteiger partial charge on any atom is 0.278 e. The van der Waals surface area contributed by atoms with Crippen molar-refractivity contribution in [2.45, 2.75) is 24.5 Å². The van der Waals surface area contributed by atoms with Crippen LogP contribution >= 0.6 is 11.6 Å². The summed E-state index contributed by atoms with van der Waals surface area (Å²) < 4.78 is 6.55. The van der Waals surface area contributed by atoms with Gasteiger partial charge in [-0.25, -0.2) is 9.97 Å². The highest BCUT2D eigenvalue weighted by atomic mass is 35.5. The average molecular weight is 303 g/mol. The number of imidazole rings is 1. The van der Waals surface area contributed by atoms with E-state index in [-0.39, 0.29) is 16.4 Å². The van der Waals surface area contributed by atoms with Crippen LogP contribution in [-0.4, -0.2) is 59.8 Å². The van der Waals surface area contributed by atoms with Gasteiger partial charge in [0.15, 0.2) is 17.4 Å². The predicted octanol–water partition coefficient (Wildman–Crippen LogP) is -1.62. The van der Waals surface area contributed by atoms with Gasteiger partial charge in [-0.3, -0.25) is 9.36 Å². The van der Waals surface area contributed by atoms with E-state index in [1.807, 2.05) is 0 Å². The van der Waals surface area contributed by atoms with E-state index >= 15 is 0 Å². The first-order valence-corrected chi connectivity index (χ1v) is 6.16. The minimum atomic E-state index is -1.33. The van der Waals surface area contributed by atoms with E-state index in [1.165, 1.54) is 10.9 Å². The van der Waals surface area contributed by atoms with Crippen LogP contribution in [0, 0.1) is 0 Å². The molecule has 1 aliphatic rings. The summed E-state index contributed by atoms with van der Waals surface area (Å²) in [5.41, 5.74) is -0.369. The number of fused-ring (bicyclic) bond motifs is 1. The predicted molar refractivity (Wildman–Crippen MR) is 66.2 cm³/mol. The molecular weight excluding hydrogens is 292 g/mol. The van der Waals surface area contributed by atoms with Crippen molar-refractivity contribution in [2.75, 3.05) is 6.61 Å². The van der Waals surface area contributed by atoms with E-state index in [2.05, 4.69) is 15.0 Å². The normalized spacial score (nSPS) is 30.2. The molecule has 4 N–H and O–H groups in total. The molecule has 2 aromatic heterocycles. The Morgan fingerprint density at radius 1 is 1.45 bits per heavy atom. The summed E-state index contributed by atoms with van der Waals surface area (Å²) in [4.78, 5) is 21.8. The molecule has 2 aromatic rings. The van der Waals surface area contributed by atoms with E-state index in [0.717, 1.165) is 0 Å². The van der Waals surface area contributed by atoms with Crippen molar-refractivity contribution in [1.29, 1.82) is 0 Å². The number of rotatable bonds is 2. The van der Waals surface area contributed by atoms with Gasteiger partial charge in [-0.1, -0.05) is 0 Å². The second kappa shape index (κ2) is 4.79. The fraction of sp³-hybridized carbons (Fsp3) is 0.500. The molecule has 0 radical (unpaired) electrons. The minimum Gasteiger partial charge on any atom is -0.394 e. The lowest BCUT2D eigenvalue weighted by Crippen LogP contribution is -2.33. The fourth-order valence-electron chi connectivity index (χ4n) is 2.21. The summed E-state index contributed by atoms with van der Waals surface area (Å²) in [6.07, 6.45) is -3.48. The molecule has 3 rings (SSSR count). The van der Waals surface area contributed by atoms with Gasteiger partial charge in [-0.05, 0) is 11.6 Å². The summed E-state index contributed by atoms with van der Waals surface area (Å²) in [6.45, 7) is -0.465. The Labute approximate surface area is 116 Å². The number of aliphatic hydroxyl groups is 3. The molecule has 0 aliphatic carbocycles. The van der Waals surface area contributed by atoms with Crippen molar-refractivity contribution in [3.63, 3.8) is 0 Å².